The van der Waals surface area contributed by atoms with Gasteiger partial charge in [0.2, 0.25) is 0 Å². The van der Waals surface area contributed by atoms with Crippen molar-refractivity contribution in [2.75, 3.05) is 0 Å². The molecule has 0 radical (unpaired) electrons. The maximum atomic E-state index is 9.85. The van der Waals surface area contributed by atoms with Crippen LogP contribution < -0.4 is 0 Å². The first-order chi connectivity index (χ1) is 3.86. The van der Waals surface area contributed by atoms with Crippen LogP contribution in [0.4, 0.5) is 31.1 Å². The molecule has 0 bridgehead atoms. The summed E-state index contributed by atoms with van der Waals surface area (Å²) in [7, 11) is -10.5. The van der Waals surface area contributed by atoms with Gasteiger partial charge in [-0.25, -0.2) is 0 Å². The highest BCUT2D eigenvalue weighted by atomic mass is 32.5. The quantitative estimate of drug-likeness (QED) is 0.530. The zero-order chi connectivity index (χ0) is 9.12. The van der Waals surface area contributed by atoms with Crippen molar-refractivity contribution in [2.24, 2.45) is 0 Å². The molecule has 0 aromatic heterocycles. The van der Waals surface area contributed by atoms with Gasteiger partial charge in [-0.1, -0.05) is 23.3 Å². The van der Waals surface area contributed by atoms with E-state index in [1.807, 2.05) is 0 Å². The fourth-order valence-electron chi connectivity index (χ4n) is 0. The van der Waals surface area contributed by atoms with E-state index >= 15 is 0 Å². The molecule has 0 saturated heterocycles. The Hall–Kier alpha value is 0.140. The van der Waals surface area contributed by atoms with Gasteiger partial charge in [0.1, 0.15) is 0 Å². The lowest BCUT2D eigenvalue weighted by Crippen LogP contribution is -1.92. The highest BCUT2D eigenvalue weighted by Gasteiger charge is 2.64. The standard InChI is InChI=1S/F6S.F2S/c1-7(2,3,4,5)6;1-3-2. The van der Waals surface area contributed by atoms with E-state index in [-0.39, 0.29) is 0 Å². The van der Waals surface area contributed by atoms with Crippen molar-refractivity contribution >= 4 is 23.1 Å². The highest BCUT2D eigenvalue weighted by molar-refractivity contribution is 8.41. The largest absolute Gasteiger partial charge is 0.431 e. The first-order valence-corrected chi connectivity index (χ1v) is 3.70. The summed E-state index contributed by atoms with van der Waals surface area (Å²) < 4.78 is 78.2. The molecule has 0 unspecified atom stereocenters. The van der Waals surface area contributed by atoms with Crippen molar-refractivity contribution < 1.29 is 31.1 Å². The van der Waals surface area contributed by atoms with E-state index in [1.54, 1.807) is 0 Å². The molecule has 0 rings (SSSR count). The lowest BCUT2D eigenvalue weighted by molar-refractivity contribution is 0.291. The third-order valence-corrected chi connectivity index (χ3v) is 0. The first-order valence-electron chi connectivity index (χ1n) is 1.23. The molecule has 0 aliphatic rings. The van der Waals surface area contributed by atoms with Crippen LogP contribution in [0.15, 0.2) is 0 Å². The van der Waals surface area contributed by atoms with Crippen LogP contribution in [-0.2, 0) is 0 Å². The van der Waals surface area contributed by atoms with Crippen molar-refractivity contribution in [2.45, 2.75) is 0 Å². The molecule has 10 heavy (non-hydrogen) atoms. The second kappa shape index (κ2) is 2.32. The van der Waals surface area contributed by atoms with Crippen molar-refractivity contribution in [3.05, 3.63) is 0 Å². The van der Waals surface area contributed by atoms with Crippen LogP contribution >= 0.6 is 23.1 Å². The second-order valence-corrected chi connectivity index (χ2v) is 2.80. The second-order valence-electron chi connectivity index (χ2n) is 0.933. The van der Waals surface area contributed by atoms with Crippen molar-refractivity contribution in [3.8, 4) is 0 Å². The molecule has 0 amide bonds. The Morgan fingerprint density at radius 1 is 0.700 bits per heavy atom. The summed E-state index contributed by atoms with van der Waals surface area (Å²) in [6.45, 7) is 0. The molecule has 68 valence electrons. The Labute approximate surface area is 55.2 Å². The van der Waals surface area contributed by atoms with Gasteiger partial charge in [0.15, 0.2) is 0 Å². The fourth-order valence-corrected chi connectivity index (χ4v) is 0. The molecule has 0 spiro atoms. The maximum absolute atomic E-state index is 10.5. The minimum Gasteiger partial charge on any atom is -0.127 e. The van der Waals surface area contributed by atoms with Gasteiger partial charge < -0.3 is 0 Å². The zero-order valence-electron chi connectivity index (χ0n) is 3.84. The van der Waals surface area contributed by atoms with Gasteiger partial charge in [-0.05, 0) is 0 Å². The molecular formula is F8S2. The van der Waals surface area contributed by atoms with E-state index < -0.39 is 23.1 Å². The summed E-state index contributed by atoms with van der Waals surface area (Å²) in [5, 5.41) is 0. The monoisotopic (exact) mass is 216 g/mol. The van der Waals surface area contributed by atoms with Gasteiger partial charge in [-0.2, -0.15) is 0 Å². The number of hydrogen-bond donors (Lipinski definition) is 0. The molecule has 0 nitrogen and oxygen atoms in total. The molecule has 0 heterocycles. The minimum atomic E-state index is -10.5. The topological polar surface area (TPSA) is 0 Å². The summed E-state index contributed by atoms with van der Waals surface area (Å²) in [4.78, 5) is 0. The average molecular weight is 216 g/mol. The summed E-state index contributed by atoms with van der Waals surface area (Å²) in [5.41, 5.74) is 0. The van der Waals surface area contributed by atoms with Gasteiger partial charge >= 0.3 is 10.6 Å². The minimum absolute atomic E-state index is 1.25. The smallest absolute Gasteiger partial charge is 0.127 e. The zero-order valence-corrected chi connectivity index (χ0v) is 5.47. The molecule has 0 atom stereocenters. The first kappa shape index (κ1) is 12.8. The third kappa shape index (κ3) is 21200. The highest BCUT2D eigenvalue weighted by Crippen LogP contribution is 2.99. The van der Waals surface area contributed by atoms with E-state index in [1.165, 1.54) is 0 Å². The van der Waals surface area contributed by atoms with Crippen LogP contribution in [0.25, 0.3) is 0 Å². The van der Waals surface area contributed by atoms with Gasteiger partial charge in [0.05, 0.1) is 0 Å². The van der Waals surface area contributed by atoms with E-state index in [0.29, 0.717) is 0 Å². The number of halogens is 8. The van der Waals surface area contributed by atoms with Crippen LogP contribution in [0.3, 0.4) is 0 Å². The van der Waals surface area contributed by atoms with E-state index in [9.17, 15) is 31.1 Å². The molecule has 0 aliphatic heterocycles. The number of hydrogen-bond acceptors (Lipinski definition) is 1. The van der Waals surface area contributed by atoms with Gasteiger partial charge in [-0.15, -0.1) is 7.77 Å². The summed E-state index contributed by atoms with van der Waals surface area (Å²) >= 11 is -1.25. The van der Waals surface area contributed by atoms with Gasteiger partial charge in [-0.3, -0.25) is 0 Å². The Balaban J connectivity index is 0. The van der Waals surface area contributed by atoms with E-state index in [4.69, 9.17) is 0 Å². The SMILES string of the molecule is FS(F)(F)(F)(F)F.FSF. The number of rotatable bonds is 0. The molecule has 0 aromatic rings. The Morgan fingerprint density at radius 3 is 0.700 bits per heavy atom. The van der Waals surface area contributed by atoms with Gasteiger partial charge in [0.25, 0.3) is 12.5 Å². The lowest BCUT2D eigenvalue weighted by atomic mass is 18.6. The maximum Gasteiger partial charge on any atom is 0.431 e. The van der Waals surface area contributed by atoms with E-state index in [0.717, 1.165) is 0 Å². The Bertz CT molecular complexity index is 76.6. The van der Waals surface area contributed by atoms with Crippen LogP contribution in [0.2, 0.25) is 0 Å². The normalized spacial score (nSPS) is 18.0. The predicted octanol–water partition coefficient (Wildman–Crippen LogP) is 4.66. The van der Waals surface area contributed by atoms with Crippen molar-refractivity contribution in [1.82, 2.24) is 0 Å². The Kier molecular flexibility index (Phi) is 2.97. The predicted molar refractivity (Wildman–Crippen MR) is 24.0 cm³/mol. The van der Waals surface area contributed by atoms with Gasteiger partial charge in [0, 0.05) is 0 Å². The van der Waals surface area contributed by atoms with Crippen molar-refractivity contribution in [1.29, 1.82) is 0 Å². The fraction of sp³-hybridized carbons (Fsp3) is 0. The summed E-state index contributed by atoms with van der Waals surface area (Å²) in [6.07, 6.45) is 0. The molecular weight excluding hydrogens is 216 g/mol. The lowest BCUT2D eigenvalue weighted by Gasteiger charge is -2.28. The third-order valence-electron chi connectivity index (χ3n) is 0. The van der Waals surface area contributed by atoms with Crippen molar-refractivity contribution in [3.63, 3.8) is 0 Å². The molecule has 10 heteroatoms. The Morgan fingerprint density at radius 2 is 0.700 bits per heavy atom. The van der Waals surface area contributed by atoms with Crippen LogP contribution in [0.5, 0.6) is 0 Å². The van der Waals surface area contributed by atoms with Crippen LogP contribution in [-0.4, -0.2) is 0 Å². The molecule has 0 N–H and O–H groups in total. The molecule has 0 fully saturated rings. The molecule has 0 saturated carbocycles. The van der Waals surface area contributed by atoms with Crippen LogP contribution in [0.1, 0.15) is 0 Å². The molecule has 0 aromatic carbocycles. The summed E-state index contributed by atoms with van der Waals surface area (Å²) in [5.74, 6) is 0. The average Bonchev–Trinajstić information content (AvgIpc) is 1.20. The molecule has 0 aliphatic carbocycles. The van der Waals surface area contributed by atoms with Crippen LogP contribution in [0, 0.1) is 0 Å². The van der Waals surface area contributed by atoms with E-state index in [2.05, 4.69) is 0 Å². The summed E-state index contributed by atoms with van der Waals surface area (Å²) in [6, 6.07) is 0.